The van der Waals surface area contributed by atoms with Crippen molar-refractivity contribution in [3.05, 3.63) is 0 Å². The van der Waals surface area contributed by atoms with Gasteiger partial charge in [-0.3, -0.25) is 0 Å². The summed E-state index contributed by atoms with van der Waals surface area (Å²) in [6, 6.07) is 0.617. The van der Waals surface area contributed by atoms with E-state index >= 15 is 0 Å². The van der Waals surface area contributed by atoms with Crippen LogP contribution in [-0.2, 0) is 0 Å². The van der Waals surface area contributed by atoms with Crippen molar-refractivity contribution < 1.29 is 4.74 Å². The molecule has 0 atom stereocenters. The summed E-state index contributed by atoms with van der Waals surface area (Å²) in [5, 5.41) is 0. The van der Waals surface area contributed by atoms with Crippen LogP contribution in [0.3, 0.4) is 0 Å². The standard InChI is InChI=1S/C12H23N5O/c1-5-7-17(9(3)4)11-14-10(13)15-12(16-11)18-8-6-2/h9H,5-8H2,1-4H3,(H2,13,14,15,16). The number of anilines is 2. The fraction of sp³-hybridized carbons (Fsp3) is 0.750. The van der Waals surface area contributed by atoms with Crippen molar-refractivity contribution in [1.29, 1.82) is 0 Å². The zero-order valence-corrected chi connectivity index (χ0v) is 11.7. The highest BCUT2D eigenvalue weighted by atomic mass is 16.5. The maximum atomic E-state index is 5.70. The van der Waals surface area contributed by atoms with Crippen molar-refractivity contribution in [2.24, 2.45) is 0 Å². The first-order valence-electron chi connectivity index (χ1n) is 6.49. The molecular formula is C12H23N5O. The minimum absolute atomic E-state index is 0.202. The maximum Gasteiger partial charge on any atom is 0.323 e. The van der Waals surface area contributed by atoms with Crippen molar-refractivity contribution >= 4 is 11.9 Å². The Morgan fingerprint density at radius 3 is 2.44 bits per heavy atom. The van der Waals surface area contributed by atoms with Gasteiger partial charge in [0.25, 0.3) is 0 Å². The third-order valence-electron chi connectivity index (χ3n) is 2.40. The Morgan fingerprint density at radius 2 is 1.89 bits per heavy atom. The molecule has 1 rings (SSSR count). The van der Waals surface area contributed by atoms with Crippen molar-refractivity contribution in [1.82, 2.24) is 15.0 Å². The van der Waals surface area contributed by atoms with Crippen LogP contribution in [0.2, 0.25) is 0 Å². The van der Waals surface area contributed by atoms with Gasteiger partial charge in [0.05, 0.1) is 6.61 Å². The van der Waals surface area contributed by atoms with E-state index in [2.05, 4.69) is 40.6 Å². The second-order valence-electron chi connectivity index (χ2n) is 4.41. The third kappa shape index (κ3) is 4.01. The van der Waals surface area contributed by atoms with Gasteiger partial charge in [0.2, 0.25) is 11.9 Å². The second-order valence-corrected chi connectivity index (χ2v) is 4.41. The zero-order chi connectivity index (χ0) is 13.5. The van der Waals surface area contributed by atoms with Crippen LogP contribution in [0.15, 0.2) is 0 Å². The van der Waals surface area contributed by atoms with Gasteiger partial charge in [0.1, 0.15) is 0 Å². The second kappa shape index (κ2) is 6.98. The number of hydrogen-bond donors (Lipinski definition) is 1. The quantitative estimate of drug-likeness (QED) is 0.799. The fourth-order valence-electron chi connectivity index (χ4n) is 1.58. The van der Waals surface area contributed by atoms with Crippen LogP contribution in [0.25, 0.3) is 0 Å². The van der Waals surface area contributed by atoms with Crippen molar-refractivity contribution in [3.63, 3.8) is 0 Å². The summed E-state index contributed by atoms with van der Waals surface area (Å²) in [5.74, 6) is 0.790. The number of rotatable bonds is 7. The number of nitrogens with two attached hydrogens (primary N) is 1. The fourth-order valence-corrected chi connectivity index (χ4v) is 1.58. The molecule has 0 aliphatic carbocycles. The maximum absolute atomic E-state index is 5.70. The average Bonchev–Trinajstić information content (AvgIpc) is 2.32. The van der Waals surface area contributed by atoms with Gasteiger partial charge in [-0.05, 0) is 26.7 Å². The Bertz CT molecular complexity index is 369. The predicted molar refractivity (Wildman–Crippen MR) is 72.8 cm³/mol. The van der Waals surface area contributed by atoms with Gasteiger partial charge in [-0.15, -0.1) is 0 Å². The lowest BCUT2D eigenvalue weighted by atomic mass is 10.3. The molecule has 6 heteroatoms. The molecule has 1 aromatic heterocycles. The largest absolute Gasteiger partial charge is 0.463 e. The topological polar surface area (TPSA) is 77.2 Å². The van der Waals surface area contributed by atoms with E-state index in [1.165, 1.54) is 0 Å². The van der Waals surface area contributed by atoms with Crippen LogP contribution >= 0.6 is 0 Å². The van der Waals surface area contributed by atoms with E-state index in [0.717, 1.165) is 19.4 Å². The predicted octanol–water partition coefficient (Wildman–Crippen LogP) is 1.87. The van der Waals surface area contributed by atoms with Crippen molar-refractivity contribution in [2.45, 2.75) is 46.6 Å². The Balaban J connectivity index is 2.95. The normalized spacial score (nSPS) is 10.7. The monoisotopic (exact) mass is 253 g/mol. The lowest BCUT2D eigenvalue weighted by molar-refractivity contribution is 0.291. The molecule has 0 aromatic carbocycles. The van der Waals surface area contributed by atoms with Crippen LogP contribution in [0, 0.1) is 0 Å². The highest BCUT2D eigenvalue weighted by Gasteiger charge is 2.15. The molecule has 1 aromatic rings. The van der Waals surface area contributed by atoms with E-state index < -0.39 is 0 Å². The van der Waals surface area contributed by atoms with Crippen LogP contribution in [0.5, 0.6) is 6.01 Å². The molecule has 0 saturated heterocycles. The van der Waals surface area contributed by atoms with Gasteiger partial charge in [-0.1, -0.05) is 13.8 Å². The lowest BCUT2D eigenvalue weighted by Crippen LogP contribution is -2.33. The van der Waals surface area contributed by atoms with E-state index in [1.54, 1.807) is 0 Å². The van der Waals surface area contributed by atoms with E-state index in [4.69, 9.17) is 10.5 Å². The molecule has 0 fully saturated rings. The lowest BCUT2D eigenvalue weighted by Gasteiger charge is -2.26. The number of hydrogen-bond acceptors (Lipinski definition) is 6. The molecule has 2 N–H and O–H groups in total. The third-order valence-corrected chi connectivity index (χ3v) is 2.40. The SMILES string of the molecule is CCCOc1nc(N)nc(N(CCC)C(C)C)n1. The number of aromatic nitrogens is 3. The van der Waals surface area contributed by atoms with E-state index in [-0.39, 0.29) is 5.95 Å². The smallest absolute Gasteiger partial charge is 0.323 e. The highest BCUT2D eigenvalue weighted by Crippen LogP contribution is 2.16. The molecule has 0 aliphatic heterocycles. The Hall–Kier alpha value is -1.59. The minimum atomic E-state index is 0.202. The molecule has 0 spiro atoms. The molecule has 0 aliphatic rings. The molecular weight excluding hydrogens is 230 g/mol. The van der Waals surface area contributed by atoms with E-state index in [9.17, 15) is 0 Å². The molecule has 0 amide bonds. The number of nitrogen functional groups attached to an aromatic ring is 1. The molecule has 18 heavy (non-hydrogen) atoms. The van der Waals surface area contributed by atoms with Gasteiger partial charge in [0, 0.05) is 12.6 Å². The molecule has 0 saturated carbocycles. The number of nitrogens with zero attached hydrogens (tertiary/aromatic N) is 4. The minimum Gasteiger partial charge on any atom is -0.463 e. The first kappa shape index (κ1) is 14.5. The van der Waals surface area contributed by atoms with Gasteiger partial charge in [-0.25, -0.2) is 0 Å². The van der Waals surface area contributed by atoms with E-state index in [1.807, 2.05) is 6.92 Å². The van der Waals surface area contributed by atoms with Crippen LogP contribution < -0.4 is 15.4 Å². The summed E-state index contributed by atoms with van der Waals surface area (Å²) in [5.41, 5.74) is 5.70. The van der Waals surface area contributed by atoms with Gasteiger partial charge in [0.15, 0.2) is 0 Å². The summed E-state index contributed by atoms with van der Waals surface area (Å²) < 4.78 is 5.42. The van der Waals surface area contributed by atoms with Crippen LogP contribution in [0.4, 0.5) is 11.9 Å². The molecule has 0 unspecified atom stereocenters. The first-order valence-corrected chi connectivity index (χ1v) is 6.49. The van der Waals surface area contributed by atoms with Crippen LogP contribution in [0.1, 0.15) is 40.5 Å². The van der Waals surface area contributed by atoms with Crippen molar-refractivity contribution in [2.75, 3.05) is 23.8 Å². The van der Waals surface area contributed by atoms with Crippen molar-refractivity contribution in [3.8, 4) is 6.01 Å². The Morgan fingerprint density at radius 1 is 1.17 bits per heavy atom. The Labute approximate surface area is 109 Å². The summed E-state index contributed by atoms with van der Waals surface area (Å²) >= 11 is 0. The van der Waals surface area contributed by atoms with Crippen LogP contribution in [-0.4, -0.2) is 34.1 Å². The molecule has 102 valence electrons. The summed E-state index contributed by atoms with van der Waals surface area (Å²) in [7, 11) is 0. The highest BCUT2D eigenvalue weighted by molar-refractivity contribution is 5.36. The first-order chi connectivity index (χ1) is 8.58. The summed E-state index contributed by atoms with van der Waals surface area (Å²) in [6.45, 7) is 9.81. The average molecular weight is 253 g/mol. The Kier molecular flexibility index (Phi) is 5.61. The molecule has 1 heterocycles. The summed E-state index contributed by atoms with van der Waals surface area (Å²) in [6.07, 6.45) is 1.93. The summed E-state index contributed by atoms with van der Waals surface area (Å²) in [4.78, 5) is 14.6. The zero-order valence-electron chi connectivity index (χ0n) is 11.7. The van der Waals surface area contributed by atoms with Gasteiger partial charge in [-0.2, -0.15) is 15.0 Å². The van der Waals surface area contributed by atoms with Gasteiger partial charge >= 0.3 is 6.01 Å². The number of ether oxygens (including phenoxy) is 1. The molecule has 0 bridgehead atoms. The van der Waals surface area contributed by atoms with Gasteiger partial charge < -0.3 is 15.4 Å². The molecule has 0 radical (unpaired) electrons. The molecule has 6 nitrogen and oxygen atoms in total. The van der Waals surface area contributed by atoms with E-state index in [0.29, 0.717) is 24.6 Å².